The Kier molecular flexibility index (Phi) is 7.22. The number of hydrogen-bond donors (Lipinski definition) is 3. The maximum absolute atomic E-state index is 13.2. The zero-order chi connectivity index (χ0) is 23.2. The molecular weight excluding hydrogens is 432 g/mol. The number of carbonyl (C=O) groups excluding carboxylic acids is 2. The topological polar surface area (TPSA) is 77.2 Å². The molecule has 3 N–H and O–H groups in total. The molecule has 0 aliphatic rings. The van der Waals surface area contributed by atoms with Crippen molar-refractivity contribution < 1.29 is 9.59 Å². The highest BCUT2D eigenvalue weighted by atomic mass is 32.1. The number of fused-ring (bicyclic) bond motifs is 1. The fourth-order valence-corrected chi connectivity index (χ4v) is 4.43. The number of thiophene rings is 1. The molecule has 7 heteroatoms. The Morgan fingerprint density at radius 1 is 1.00 bits per heavy atom. The van der Waals surface area contributed by atoms with Crippen LogP contribution in [0, 0.1) is 0 Å². The smallest absolute Gasteiger partial charge is 0.262 e. The summed E-state index contributed by atoms with van der Waals surface area (Å²) in [4.78, 5) is 31.8. The molecule has 0 aliphatic heterocycles. The molecule has 0 saturated carbocycles. The Balaban J connectivity index is 1.47. The second-order valence-corrected chi connectivity index (χ2v) is 9.29. The van der Waals surface area contributed by atoms with Crippen molar-refractivity contribution in [2.45, 2.75) is 25.6 Å². The average Bonchev–Trinajstić information content (AvgIpc) is 3.48. The molecule has 4 aromatic rings. The molecule has 0 aliphatic carbocycles. The number of hydrogen-bond acceptors (Lipinski definition) is 4. The molecule has 0 radical (unpaired) electrons. The zero-order valence-electron chi connectivity index (χ0n) is 18.8. The van der Waals surface area contributed by atoms with Crippen molar-refractivity contribution in [1.82, 2.24) is 20.5 Å². The Morgan fingerprint density at radius 3 is 2.48 bits per heavy atom. The molecule has 2 heterocycles. The van der Waals surface area contributed by atoms with Crippen molar-refractivity contribution >= 4 is 34.1 Å². The van der Waals surface area contributed by atoms with Gasteiger partial charge in [0.25, 0.3) is 5.91 Å². The average molecular weight is 461 g/mol. The summed E-state index contributed by atoms with van der Waals surface area (Å²) in [5, 5.41) is 8.83. The van der Waals surface area contributed by atoms with E-state index in [2.05, 4.69) is 32.7 Å². The summed E-state index contributed by atoms with van der Waals surface area (Å²) >= 11 is 1.36. The maximum atomic E-state index is 13.2. The molecule has 0 spiro atoms. The third-order valence-corrected chi connectivity index (χ3v) is 6.32. The van der Waals surface area contributed by atoms with Gasteiger partial charge in [-0.15, -0.1) is 11.3 Å². The summed E-state index contributed by atoms with van der Waals surface area (Å²) in [5.74, 6) is -0.444. The fourth-order valence-electron chi connectivity index (χ4n) is 3.81. The first-order valence-corrected chi connectivity index (χ1v) is 11.8. The van der Waals surface area contributed by atoms with Gasteiger partial charge in [-0.2, -0.15) is 0 Å². The molecule has 1 atom stereocenters. The Labute approximate surface area is 197 Å². The molecule has 2 amide bonds. The normalized spacial score (nSPS) is 12.1. The molecule has 0 saturated heterocycles. The van der Waals surface area contributed by atoms with Gasteiger partial charge in [-0.3, -0.25) is 9.59 Å². The van der Waals surface area contributed by atoms with E-state index in [-0.39, 0.29) is 11.8 Å². The highest BCUT2D eigenvalue weighted by Crippen LogP contribution is 2.20. The highest BCUT2D eigenvalue weighted by molar-refractivity contribution is 7.12. The SMILES string of the molecule is CN(C)Cc1ccc(CNC(=O)[C@H](Cc2c[nH]c3ccccc23)NC(=O)c2cccs2)cc1. The van der Waals surface area contributed by atoms with Gasteiger partial charge >= 0.3 is 0 Å². The molecule has 0 unspecified atom stereocenters. The van der Waals surface area contributed by atoms with Gasteiger partial charge in [0.15, 0.2) is 0 Å². The number of aromatic amines is 1. The van der Waals surface area contributed by atoms with E-state index < -0.39 is 6.04 Å². The number of H-pyrrole nitrogens is 1. The summed E-state index contributed by atoms with van der Waals surface area (Å²) in [7, 11) is 4.07. The van der Waals surface area contributed by atoms with Gasteiger partial charge in [0.2, 0.25) is 5.91 Å². The Bertz CT molecular complexity index is 1210. The minimum atomic E-state index is -0.688. The number of aromatic nitrogens is 1. The van der Waals surface area contributed by atoms with Crippen molar-refractivity contribution in [2.75, 3.05) is 14.1 Å². The summed E-state index contributed by atoms with van der Waals surface area (Å²) in [6.45, 7) is 1.27. The van der Waals surface area contributed by atoms with E-state index in [1.54, 1.807) is 6.07 Å². The molecule has 33 heavy (non-hydrogen) atoms. The van der Waals surface area contributed by atoms with Gasteiger partial charge in [0, 0.05) is 36.6 Å². The maximum Gasteiger partial charge on any atom is 0.262 e. The quantitative estimate of drug-likeness (QED) is 0.354. The van der Waals surface area contributed by atoms with Crippen LogP contribution in [0.4, 0.5) is 0 Å². The van der Waals surface area contributed by atoms with Crippen LogP contribution in [-0.2, 0) is 24.3 Å². The number of benzene rings is 2. The molecule has 2 aromatic heterocycles. The van der Waals surface area contributed by atoms with Crippen LogP contribution in [0.15, 0.2) is 72.2 Å². The molecule has 0 fully saturated rings. The van der Waals surface area contributed by atoms with Crippen molar-refractivity contribution in [3.8, 4) is 0 Å². The van der Waals surface area contributed by atoms with Crippen molar-refractivity contribution in [3.63, 3.8) is 0 Å². The van der Waals surface area contributed by atoms with Crippen LogP contribution in [0.5, 0.6) is 0 Å². The van der Waals surface area contributed by atoms with Crippen LogP contribution >= 0.6 is 11.3 Å². The third kappa shape index (κ3) is 5.88. The van der Waals surface area contributed by atoms with Gasteiger partial charge in [-0.05, 0) is 48.3 Å². The van der Waals surface area contributed by atoms with Crippen LogP contribution in [0.3, 0.4) is 0 Å². The first-order valence-electron chi connectivity index (χ1n) is 10.9. The number of para-hydroxylation sites is 1. The van der Waals surface area contributed by atoms with E-state index in [0.717, 1.165) is 28.6 Å². The first kappa shape index (κ1) is 22.8. The lowest BCUT2D eigenvalue weighted by atomic mass is 10.0. The highest BCUT2D eigenvalue weighted by Gasteiger charge is 2.23. The van der Waals surface area contributed by atoms with Gasteiger partial charge in [-0.1, -0.05) is 48.5 Å². The lowest BCUT2D eigenvalue weighted by Crippen LogP contribution is -2.47. The summed E-state index contributed by atoms with van der Waals surface area (Å²) in [5.41, 5.74) is 4.23. The van der Waals surface area contributed by atoms with E-state index in [9.17, 15) is 9.59 Å². The third-order valence-electron chi connectivity index (χ3n) is 5.45. The van der Waals surface area contributed by atoms with Crippen LogP contribution < -0.4 is 10.6 Å². The Morgan fingerprint density at radius 2 is 1.76 bits per heavy atom. The monoisotopic (exact) mass is 460 g/mol. The van der Waals surface area contributed by atoms with Crippen LogP contribution in [-0.4, -0.2) is 41.8 Å². The van der Waals surface area contributed by atoms with Crippen LogP contribution in [0.1, 0.15) is 26.4 Å². The van der Waals surface area contributed by atoms with Crippen LogP contribution in [0.25, 0.3) is 10.9 Å². The fraction of sp³-hybridized carbons (Fsp3) is 0.231. The van der Waals surface area contributed by atoms with E-state index in [4.69, 9.17) is 0 Å². The van der Waals surface area contributed by atoms with Gasteiger partial charge in [0.1, 0.15) is 6.04 Å². The van der Waals surface area contributed by atoms with E-state index >= 15 is 0 Å². The van der Waals surface area contributed by atoms with Crippen LogP contribution in [0.2, 0.25) is 0 Å². The van der Waals surface area contributed by atoms with E-state index in [1.165, 1.54) is 16.9 Å². The lowest BCUT2D eigenvalue weighted by molar-refractivity contribution is -0.123. The summed E-state index contributed by atoms with van der Waals surface area (Å²) in [6.07, 6.45) is 2.31. The van der Waals surface area contributed by atoms with Gasteiger partial charge < -0.3 is 20.5 Å². The van der Waals surface area contributed by atoms with Gasteiger partial charge in [-0.25, -0.2) is 0 Å². The number of rotatable bonds is 9. The lowest BCUT2D eigenvalue weighted by Gasteiger charge is -2.18. The minimum absolute atomic E-state index is 0.206. The minimum Gasteiger partial charge on any atom is -0.361 e. The molecule has 170 valence electrons. The molecule has 6 nitrogen and oxygen atoms in total. The number of nitrogens with zero attached hydrogens (tertiary/aromatic N) is 1. The number of carbonyl (C=O) groups is 2. The molecular formula is C26H28N4O2S. The molecule has 4 rings (SSSR count). The summed E-state index contributed by atoms with van der Waals surface area (Å²) < 4.78 is 0. The van der Waals surface area contributed by atoms with Gasteiger partial charge in [0.05, 0.1) is 4.88 Å². The second-order valence-electron chi connectivity index (χ2n) is 8.34. The first-order chi connectivity index (χ1) is 16.0. The Hall–Kier alpha value is -3.42. The van der Waals surface area contributed by atoms with Crippen molar-refractivity contribution in [3.05, 3.63) is 93.8 Å². The second kappa shape index (κ2) is 10.5. The van der Waals surface area contributed by atoms with Crippen molar-refractivity contribution in [1.29, 1.82) is 0 Å². The van der Waals surface area contributed by atoms with E-state index in [0.29, 0.717) is 17.8 Å². The van der Waals surface area contributed by atoms with E-state index in [1.807, 2.05) is 68.1 Å². The largest absolute Gasteiger partial charge is 0.361 e. The summed E-state index contributed by atoms with van der Waals surface area (Å²) in [6, 6.07) is 19.1. The number of amides is 2. The van der Waals surface area contributed by atoms with Crippen molar-refractivity contribution in [2.24, 2.45) is 0 Å². The standard InChI is InChI=1S/C26H28N4O2S/c1-30(2)17-19-11-9-18(10-12-19)15-28-25(31)23(29-26(32)24-8-5-13-33-24)14-20-16-27-22-7-4-3-6-21(20)22/h3-13,16,23,27H,14-15,17H2,1-2H3,(H,28,31)(H,29,32)/t23-/m0/s1. The molecule has 0 bridgehead atoms. The molecule has 2 aromatic carbocycles. The predicted molar refractivity (Wildman–Crippen MR) is 133 cm³/mol. The number of nitrogens with one attached hydrogen (secondary N) is 3. The zero-order valence-corrected chi connectivity index (χ0v) is 19.6. The predicted octanol–water partition coefficient (Wildman–Crippen LogP) is 3.95.